The number of Topliss-reactive ketones (excluding diaryl/α,β-unsaturated/α-hetero) is 1. The Balaban J connectivity index is 1.41. The molecule has 0 aromatic heterocycles. The monoisotopic (exact) mass is 592 g/mol. The molecular weight excluding hydrogens is 564 g/mol. The summed E-state index contributed by atoms with van der Waals surface area (Å²) < 4.78 is 5.32. The number of hydrogen-bond acceptors (Lipinski definition) is 6. The molecule has 43 heavy (non-hydrogen) atoms. The first kappa shape index (κ1) is 29.3. The molecule has 0 bridgehead atoms. The molecule has 216 valence electrons. The maximum Gasteiger partial charge on any atom is 0.259 e. The number of fused-ring (bicyclic) bond motifs is 1. The SMILES string of the molecule is COc1ccc(Cl)cc1NC(=O)C1=Cc2ccccc2C(=NNc2cc(NC(=O)c3ccc(C)cc3C)ccc2C)C1=O. The number of halogens is 1. The summed E-state index contributed by atoms with van der Waals surface area (Å²) in [4.78, 5) is 39.9. The second-order valence-electron chi connectivity index (χ2n) is 10.1. The van der Waals surface area contributed by atoms with E-state index in [1.807, 2.05) is 45.0 Å². The van der Waals surface area contributed by atoms with Crippen LogP contribution in [0.2, 0.25) is 5.02 Å². The number of hydrogen-bond donors (Lipinski definition) is 3. The van der Waals surface area contributed by atoms with Crippen LogP contribution in [0.5, 0.6) is 5.75 Å². The molecule has 0 unspecified atom stereocenters. The Morgan fingerprint density at radius 3 is 2.37 bits per heavy atom. The predicted octanol–water partition coefficient (Wildman–Crippen LogP) is 6.95. The maximum absolute atomic E-state index is 13.7. The van der Waals surface area contributed by atoms with E-state index in [-0.39, 0.29) is 17.2 Å². The van der Waals surface area contributed by atoms with E-state index in [9.17, 15) is 14.4 Å². The number of nitrogens with zero attached hydrogens (tertiary/aromatic N) is 1. The third-order valence-corrected chi connectivity index (χ3v) is 7.28. The fourth-order valence-corrected chi connectivity index (χ4v) is 4.93. The van der Waals surface area contributed by atoms with Crippen LogP contribution in [0, 0.1) is 20.8 Å². The quantitative estimate of drug-likeness (QED) is 0.159. The van der Waals surface area contributed by atoms with Crippen molar-refractivity contribution in [2.24, 2.45) is 5.10 Å². The smallest absolute Gasteiger partial charge is 0.259 e. The summed E-state index contributed by atoms with van der Waals surface area (Å²) in [7, 11) is 1.47. The molecule has 0 heterocycles. The highest BCUT2D eigenvalue weighted by Crippen LogP contribution is 2.30. The molecule has 0 fully saturated rings. The predicted molar refractivity (Wildman–Crippen MR) is 171 cm³/mol. The van der Waals surface area contributed by atoms with Gasteiger partial charge in [0.05, 0.1) is 24.1 Å². The standard InChI is InChI=1S/C34H29ClN4O4/c1-19-9-13-25(21(3)15-19)33(41)36-24-12-10-20(2)28(18-24)38-39-31-26-8-6-5-7-22(26)16-27(32(31)40)34(42)37-29-17-23(35)11-14-30(29)43-4/h5-18,38H,1-4H3,(H,36,41)(H,37,42). The Bertz CT molecular complexity index is 1840. The molecule has 4 aromatic carbocycles. The minimum atomic E-state index is -0.625. The number of nitrogens with one attached hydrogen (secondary N) is 3. The highest BCUT2D eigenvalue weighted by molar-refractivity contribution is 6.59. The number of anilines is 3. The Hall–Kier alpha value is -5.21. The van der Waals surface area contributed by atoms with Crippen molar-refractivity contribution in [1.82, 2.24) is 0 Å². The molecule has 0 saturated carbocycles. The van der Waals surface area contributed by atoms with Crippen molar-refractivity contribution in [3.8, 4) is 5.75 Å². The topological polar surface area (TPSA) is 109 Å². The number of aryl methyl sites for hydroxylation is 3. The van der Waals surface area contributed by atoms with Gasteiger partial charge in [-0.1, -0.05) is 59.6 Å². The van der Waals surface area contributed by atoms with Gasteiger partial charge >= 0.3 is 0 Å². The molecular formula is C34H29ClN4O4. The van der Waals surface area contributed by atoms with Crippen LogP contribution in [-0.2, 0) is 9.59 Å². The number of rotatable bonds is 7. The van der Waals surface area contributed by atoms with Gasteiger partial charge in [-0.15, -0.1) is 0 Å². The average molecular weight is 593 g/mol. The van der Waals surface area contributed by atoms with Crippen molar-refractivity contribution in [3.63, 3.8) is 0 Å². The number of hydrazone groups is 1. The summed E-state index contributed by atoms with van der Waals surface area (Å²) in [5, 5.41) is 10.5. The third-order valence-electron chi connectivity index (χ3n) is 7.04. The third kappa shape index (κ3) is 6.34. The molecule has 0 radical (unpaired) electrons. The van der Waals surface area contributed by atoms with Crippen molar-refractivity contribution < 1.29 is 19.1 Å². The lowest BCUT2D eigenvalue weighted by Gasteiger charge is -2.18. The highest BCUT2D eigenvalue weighted by atomic mass is 35.5. The minimum Gasteiger partial charge on any atom is -0.495 e. The minimum absolute atomic E-state index is 0.0745. The van der Waals surface area contributed by atoms with Gasteiger partial charge in [-0.05, 0) is 79.9 Å². The first-order chi connectivity index (χ1) is 20.6. The van der Waals surface area contributed by atoms with Crippen LogP contribution in [0.3, 0.4) is 0 Å². The summed E-state index contributed by atoms with van der Waals surface area (Å²) in [6, 6.07) is 23.0. The van der Waals surface area contributed by atoms with Crippen LogP contribution in [0.15, 0.2) is 89.5 Å². The molecule has 1 aliphatic carbocycles. The van der Waals surface area contributed by atoms with E-state index in [0.717, 1.165) is 16.7 Å². The van der Waals surface area contributed by atoms with Crippen molar-refractivity contribution in [2.45, 2.75) is 20.8 Å². The molecule has 2 amide bonds. The van der Waals surface area contributed by atoms with E-state index in [1.165, 1.54) is 13.2 Å². The van der Waals surface area contributed by atoms with Crippen LogP contribution in [0.25, 0.3) is 6.08 Å². The number of carbonyl (C=O) groups is 3. The van der Waals surface area contributed by atoms with Crippen molar-refractivity contribution in [1.29, 1.82) is 0 Å². The second kappa shape index (κ2) is 12.3. The Labute approximate surface area is 254 Å². The summed E-state index contributed by atoms with van der Waals surface area (Å²) in [5.74, 6) is -1.01. The Kier molecular flexibility index (Phi) is 8.41. The Morgan fingerprint density at radius 2 is 1.60 bits per heavy atom. The molecule has 1 aliphatic rings. The zero-order valence-electron chi connectivity index (χ0n) is 24.0. The summed E-state index contributed by atoms with van der Waals surface area (Å²) in [5.41, 5.74) is 9.06. The van der Waals surface area contributed by atoms with Gasteiger partial charge in [0.15, 0.2) is 0 Å². The van der Waals surface area contributed by atoms with Gasteiger partial charge in [0.1, 0.15) is 11.5 Å². The number of benzene rings is 4. The van der Waals surface area contributed by atoms with Gasteiger partial charge in [-0.2, -0.15) is 5.10 Å². The number of carbonyl (C=O) groups excluding carboxylic acids is 3. The lowest BCUT2D eigenvalue weighted by Crippen LogP contribution is -2.30. The second-order valence-corrected chi connectivity index (χ2v) is 10.6. The number of ether oxygens (including phenoxy) is 1. The van der Waals surface area contributed by atoms with Gasteiger partial charge < -0.3 is 15.4 Å². The molecule has 5 rings (SSSR count). The maximum atomic E-state index is 13.7. The van der Waals surface area contributed by atoms with Crippen molar-refractivity contribution >= 4 is 58.0 Å². The van der Waals surface area contributed by atoms with E-state index < -0.39 is 11.7 Å². The van der Waals surface area contributed by atoms with Crippen LogP contribution in [-0.4, -0.2) is 30.4 Å². The van der Waals surface area contributed by atoms with E-state index in [4.69, 9.17) is 16.3 Å². The fourth-order valence-electron chi connectivity index (χ4n) is 4.76. The van der Waals surface area contributed by atoms with E-state index >= 15 is 0 Å². The first-order valence-electron chi connectivity index (χ1n) is 13.5. The van der Waals surface area contributed by atoms with Crippen LogP contribution < -0.4 is 20.8 Å². The van der Waals surface area contributed by atoms with Gasteiger partial charge in [0, 0.05) is 21.8 Å². The van der Waals surface area contributed by atoms with E-state index in [1.54, 1.807) is 54.6 Å². The molecule has 8 nitrogen and oxygen atoms in total. The number of ketones is 1. The summed E-state index contributed by atoms with van der Waals surface area (Å²) >= 11 is 6.12. The van der Waals surface area contributed by atoms with Gasteiger partial charge in [-0.3, -0.25) is 19.8 Å². The van der Waals surface area contributed by atoms with Crippen molar-refractivity contribution in [3.05, 3.63) is 123 Å². The fraction of sp³-hybridized carbons (Fsp3) is 0.118. The molecule has 0 saturated heterocycles. The van der Waals surface area contributed by atoms with E-state index in [0.29, 0.717) is 44.5 Å². The molecule has 0 aliphatic heterocycles. The lowest BCUT2D eigenvalue weighted by molar-refractivity contribution is -0.116. The molecule has 3 N–H and O–H groups in total. The highest BCUT2D eigenvalue weighted by Gasteiger charge is 2.30. The van der Waals surface area contributed by atoms with Crippen molar-refractivity contribution in [2.75, 3.05) is 23.2 Å². The molecule has 0 atom stereocenters. The van der Waals surface area contributed by atoms with Crippen LogP contribution >= 0.6 is 11.6 Å². The van der Waals surface area contributed by atoms with E-state index in [2.05, 4.69) is 21.2 Å². The summed E-state index contributed by atoms with van der Waals surface area (Å²) in [6.45, 7) is 5.75. The van der Waals surface area contributed by atoms with Gasteiger partial charge in [-0.25, -0.2) is 0 Å². The van der Waals surface area contributed by atoms with Crippen LogP contribution in [0.4, 0.5) is 17.1 Å². The summed E-state index contributed by atoms with van der Waals surface area (Å²) in [6.07, 6.45) is 1.54. The number of methoxy groups -OCH3 is 1. The molecule has 9 heteroatoms. The lowest BCUT2D eigenvalue weighted by atomic mass is 9.89. The largest absolute Gasteiger partial charge is 0.495 e. The first-order valence-corrected chi connectivity index (χ1v) is 13.9. The number of amides is 2. The zero-order chi connectivity index (χ0) is 30.7. The van der Waals surface area contributed by atoms with Gasteiger partial charge in [0.2, 0.25) is 5.78 Å². The van der Waals surface area contributed by atoms with Gasteiger partial charge in [0.25, 0.3) is 11.8 Å². The normalized spacial score (nSPS) is 13.2. The average Bonchev–Trinajstić information content (AvgIpc) is 2.98. The van der Waals surface area contributed by atoms with Crippen LogP contribution in [0.1, 0.15) is 38.2 Å². The zero-order valence-corrected chi connectivity index (χ0v) is 24.8. The Morgan fingerprint density at radius 1 is 0.814 bits per heavy atom. The molecule has 0 spiro atoms. The molecule has 4 aromatic rings.